The minimum Gasteiger partial charge on any atom is -0.497 e. The van der Waals surface area contributed by atoms with Crippen molar-refractivity contribution < 1.29 is 27.5 Å². The van der Waals surface area contributed by atoms with E-state index in [2.05, 4.69) is 5.32 Å². The molecule has 1 atom stereocenters. The fraction of sp³-hybridized carbons (Fsp3) is 0.375. The lowest BCUT2D eigenvalue weighted by atomic mass is 10.1. The number of amides is 2. The van der Waals surface area contributed by atoms with Crippen LogP contribution in [0.2, 0.25) is 0 Å². The van der Waals surface area contributed by atoms with E-state index in [9.17, 15) is 18.0 Å². The molecule has 42 heavy (non-hydrogen) atoms. The van der Waals surface area contributed by atoms with Gasteiger partial charge in [0.15, 0.2) is 0 Å². The summed E-state index contributed by atoms with van der Waals surface area (Å²) < 4.78 is 40.1. The second kappa shape index (κ2) is 13.7. The summed E-state index contributed by atoms with van der Waals surface area (Å²) in [6, 6.07) is 19.6. The van der Waals surface area contributed by atoms with Crippen molar-refractivity contribution in [3.05, 3.63) is 83.9 Å². The van der Waals surface area contributed by atoms with Gasteiger partial charge in [-0.05, 0) is 74.2 Å². The van der Waals surface area contributed by atoms with Gasteiger partial charge < -0.3 is 19.7 Å². The molecular formula is C32H39N3O6S. The molecule has 10 heteroatoms. The summed E-state index contributed by atoms with van der Waals surface area (Å²) >= 11 is 0. The Kier molecular flexibility index (Phi) is 10.1. The number of benzene rings is 3. The zero-order valence-electron chi connectivity index (χ0n) is 24.6. The van der Waals surface area contributed by atoms with Crippen LogP contribution in [-0.4, -0.2) is 58.0 Å². The SMILES string of the molecule is COc1cccc(CN(C(=O)CN(c2cc(C)ccc2OC)S(=O)(=O)c2ccccc2)[C@H](C)C(=O)NC2CCCC2)c1. The lowest BCUT2D eigenvalue weighted by molar-refractivity contribution is -0.139. The molecule has 0 unspecified atom stereocenters. The van der Waals surface area contributed by atoms with Crippen LogP contribution in [0.1, 0.15) is 43.7 Å². The zero-order valence-corrected chi connectivity index (χ0v) is 25.4. The van der Waals surface area contributed by atoms with Crippen LogP contribution in [0.25, 0.3) is 0 Å². The van der Waals surface area contributed by atoms with Gasteiger partial charge in [0.2, 0.25) is 11.8 Å². The normalized spacial score (nSPS) is 14.2. The van der Waals surface area contributed by atoms with Crippen molar-refractivity contribution >= 4 is 27.5 Å². The molecule has 1 N–H and O–H groups in total. The number of nitrogens with zero attached hydrogens (tertiary/aromatic N) is 2. The van der Waals surface area contributed by atoms with Crippen LogP contribution in [0.15, 0.2) is 77.7 Å². The van der Waals surface area contributed by atoms with Crippen LogP contribution in [0.4, 0.5) is 5.69 Å². The number of nitrogens with one attached hydrogen (secondary N) is 1. The van der Waals surface area contributed by atoms with E-state index in [0.29, 0.717) is 11.5 Å². The van der Waals surface area contributed by atoms with E-state index >= 15 is 0 Å². The predicted octanol–water partition coefficient (Wildman–Crippen LogP) is 4.68. The Balaban J connectivity index is 1.73. The fourth-order valence-corrected chi connectivity index (χ4v) is 6.61. The average molecular weight is 594 g/mol. The van der Waals surface area contributed by atoms with Crippen molar-refractivity contribution in [1.82, 2.24) is 10.2 Å². The molecule has 0 saturated heterocycles. The van der Waals surface area contributed by atoms with Crippen LogP contribution in [0, 0.1) is 6.92 Å². The largest absolute Gasteiger partial charge is 0.497 e. The molecule has 9 nitrogen and oxygen atoms in total. The fourth-order valence-electron chi connectivity index (χ4n) is 5.17. The van der Waals surface area contributed by atoms with E-state index in [1.165, 1.54) is 24.1 Å². The Bertz CT molecular complexity index is 1490. The summed E-state index contributed by atoms with van der Waals surface area (Å²) in [4.78, 5) is 29.1. The van der Waals surface area contributed by atoms with Crippen LogP contribution in [-0.2, 0) is 26.2 Å². The van der Waals surface area contributed by atoms with E-state index in [1.54, 1.807) is 56.5 Å². The average Bonchev–Trinajstić information content (AvgIpc) is 3.51. The Morgan fingerprint density at radius 2 is 1.67 bits per heavy atom. The summed E-state index contributed by atoms with van der Waals surface area (Å²) in [5, 5.41) is 3.08. The highest BCUT2D eigenvalue weighted by atomic mass is 32.2. The highest BCUT2D eigenvalue weighted by Crippen LogP contribution is 2.34. The van der Waals surface area contributed by atoms with E-state index < -0.39 is 28.5 Å². The monoisotopic (exact) mass is 593 g/mol. The molecule has 0 aliphatic heterocycles. The number of carbonyl (C=O) groups is 2. The first kappa shape index (κ1) is 30.9. The van der Waals surface area contributed by atoms with Crippen molar-refractivity contribution in [3.8, 4) is 11.5 Å². The molecule has 0 heterocycles. The summed E-state index contributed by atoms with van der Waals surface area (Å²) in [5.41, 5.74) is 1.77. The Morgan fingerprint density at radius 3 is 2.33 bits per heavy atom. The Labute approximate surface area is 248 Å². The minimum atomic E-state index is -4.19. The van der Waals surface area contributed by atoms with Gasteiger partial charge in [0.05, 0.1) is 24.8 Å². The standard InChI is InChI=1S/C32H39N3O6S/c1-23-17-18-30(41-4)29(19-23)35(42(38,39)28-15-6-5-7-16-28)22-31(36)34(21-25-11-10-14-27(20-25)40-3)24(2)32(37)33-26-12-8-9-13-26/h5-7,10-11,14-20,24,26H,8-9,12-13,21-22H2,1-4H3,(H,33,37)/t24-/m1/s1. The zero-order chi connectivity index (χ0) is 30.3. The van der Waals surface area contributed by atoms with E-state index in [-0.39, 0.29) is 29.1 Å². The van der Waals surface area contributed by atoms with E-state index in [0.717, 1.165) is 41.1 Å². The van der Waals surface area contributed by atoms with Gasteiger partial charge >= 0.3 is 0 Å². The van der Waals surface area contributed by atoms with Gasteiger partial charge in [0, 0.05) is 12.6 Å². The number of hydrogen-bond donors (Lipinski definition) is 1. The van der Waals surface area contributed by atoms with Crippen LogP contribution in [0.5, 0.6) is 11.5 Å². The second-order valence-electron chi connectivity index (χ2n) is 10.5. The summed E-state index contributed by atoms with van der Waals surface area (Å²) in [5.74, 6) is 0.110. The number of hydrogen-bond acceptors (Lipinski definition) is 6. The maximum absolute atomic E-state index is 14.2. The van der Waals surface area contributed by atoms with Crippen molar-refractivity contribution in [3.63, 3.8) is 0 Å². The molecule has 1 aliphatic rings. The van der Waals surface area contributed by atoms with Crippen LogP contribution < -0.4 is 19.1 Å². The molecular weight excluding hydrogens is 554 g/mol. The van der Waals surface area contributed by atoms with Gasteiger partial charge in [-0.3, -0.25) is 13.9 Å². The molecule has 224 valence electrons. The summed E-state index contributed by atoms with van der Waals surface area (Å²) in [7, 11) is -1.19. The molecule has 1 fully saturated rings. The van der Waals surface area contributed by atoms with Crippen molar-refractivity contribution in [1.29, 1.82) is 0 Å². The number of anilines is 1. The lowest BCUT2D eigenvalue weighted by Gasteiger charge is -2.33. The molecule has 0 bridgehead atoms. The van der Waals surface area contributed by atoms with Gasteiger partial charge in [0.1, 0.15) is 24.1 Å². The Morgan fingerprint density at radius 1 is 0.952 bits per heavy atom. The van der Waals surface area contributed by atoms with Crippen molar-refractivity contribution in [2.45, 2.75) is 63.1 Å². The first-order valence-electron chi connectivity index (χ1n) is 14.1. The maximum Gasteiger partial charge on any atom is 0.264 e. The second-order valence-corrected chi connectivity index (χ2v) is 12.4. The van der Waals surface area contributed by atoms with Gasteiger partial charge in [-0.15, -0.1) is 0 Å². The molecule has 1 aliphatic carbocycles. The third-order valence-electron chi connectivity index (χ3n) is 7.57. The van der Waals surface area contributed by atoms with Gasteiger partial charge in [-0.25, -0.2) is 8.42 Å². The number of aryl methyl sites for hydroxylation is 1. The molecule has 3 aromatic carbocycles. The number of rotatable bonds is 12. The number of ether oxygens (including phenoxy) is 2. The molecule has 1 saturated carbocycles. The van der Waals surface area contributed by atoms with Gasteiger partial charge in [-0.1, -0.05) is 49.2 Å². The van der Waals surface area contributed by atoms with Crippen molar-refractivity contribution in [2.24, 2.45) is 0 Å². The van der Waals surface area contributed by atoms with Gasteiger partial charge in [-0.2, -0.15) is 0 Å². The minimum absolute atomic E-state index is 0.0349. The van der Waals surface area contributed by atoms with Gasteiger partial charge in [0.25, 0.3) is 10.0 Å². The van der Waals surface area contributed by atoms with E-state index in [4.69, 9.17) is 9.47 Å². The lowest BCUT2D eigenvalue weighted by Crippen LogP contribution is -2.52. The number of sulfonamides is 1. The van der Waals surface area contributed by atoms with Crippen LogP contribution >= 0.6 is 0 Å². The Hall–Kier alpha value is -4.05. The third-order valence-corrected chi connectivity index (χ3v) is 9.34. The van der Waals surface area contributed by atoms with Crippen molar-refractivity contribution in [2.75, 3.05) is 25.1 Å². The quantitative estimate of drug-likeness (QED) is 0.327. The molecule has 0 aromatic heterocycles. The first-order valence-corrected chi connectivity index (χ1v) is 15.5. The molecule has 2 amide bonds. The summed E-state index contributed by atoms with van der Waals surface area (Å²) in [6.07, 6.45) is 3.91. The molecule has 3 aromatic rings. The van der Waals surface area contributed by atoms with Crippen LogP contribution in [0.3, 0.4) is 0 Å². The third kappa shape index (κ3) is 7.23. The first-order chi connectivity index (χ1) is 20.1. The molecule has 4 rings (SSSR count). The summed E-state index contributed by atoms with van der Waals surface area (Å²) in [6.45, 7) is 3.05. The van der Waals surface area contributed by atoms with E-state index in [1.807, 2.05) is 25.1 Å². The highest BCUT2D eigenvalue weighted by molar-refractivity contribution is 7.92. The highest BCUT2D eigenvalue weighted by Gasteiger charge is 2.34. The smallest absolute Gasteiger partial charge is 0.264 e. The topological polar surface area (TPSA) is 105 Å². The predicted molar refractivity (Wildman–Crippen MR) is 162 cm³/mol. The molecule has 0 radical (unpaired) electrons. The number of carbonyl (C=O) groups excluding carboxylic acids is 2. The molecule has 0 spiro atoms. The number of methoxy groups -OCH3 is 2. The maximum atomic E-state index is 14.2.